The van der Waals surface area contributed by atoms with Gasteiger partial charge in [0.15, 0.2) is 0 Å². The summed E-state index contributed by atoms with van der Waals surface area (Å²) in [7, 11) is 2.09. The van der Waals surface area contributed by atoms with E-state index in [9.17, 15) is 4.79 Å². The number of carbonyl (C=O) groups excluding carboxylic acids is 1. The number of carbonyl (C=O) groups is 1. The molecule has 1 aliphatic heterocycles. The van der Waals surface area contributed by atoms with Gasteiger partial charge in [0.25, 0.3) is 5.91 Å². The van der Waals surface area contributed by atoms with Crippen LogP contribution in [0.15, 0.2) is 54.9 Å². The van der Waals surface area contributed by atoms with Crippen molar-refractivity contribution in [2.45, 2.75) is 6.92 Å². The number of hydrogen-bond acceptors (Lipinski definition) is 7. The summed E-state index contributed by atoms with van der Waals surface area (Å²) in [5.41, 5.74) is 3.59. The first-order valence-corrected chi connectivity index (χ1v) is 11.4. The number of piperazine rings is 1. The van der Waals surface area contributed by atoms with E-state index in [1.807, 2.05) is 54.3 Å². The van der Waals surface area contributed by atoms with E-state index in [1.165, 1.54) is 0 Å². The lowest BCUT2D eigenvalue weighted by molar-refractivity contribution is 0.0669. The fourth-order valence-electron chi connectivity index (χ4n) is 3.76. The van der Waals surface area contributed by atoms with Gasteiger partial charge < -0.3 is 15.1 Å². The third-order valence-electron chi connectivity index (χ3n) is 5.61. The molecule has 4 aromatic rings. The smallest absolute Gasteiger partial charge is 0.264 e. The van der Waals surface area contributed by atoms with Crippen molar-refractivity contribution in [3.8, 4) is 11.4 Å². The van der Waals surface area contributed by atoms with E-state index in [1.54, 1.807) is 23.7 Å². The third kappa shape index (κ3) is 4.32. The molecule has 1 amide bonds. The molecule has 4 heterocycles. The summed E-state index contributed by atoms with van der Waals surface area (Å²) in [5, 5.41) is 4.32. The normalized spacial score (nSPS) is 14.6. The summed E-state index contributed by atoms with van der Waals surface area (Å²) in [6, 6.07) is 13.9. The molecule has 1 N–H and O–H groups in total. The van der Waals surface area contributed by atoms with E-state index in [-0.39, 0.29) is 5.91 Å². The van der Waals surface area contributed by atoms with Crippen molar-refractivity contribution in [3.05, 3.63) is 65.3 Å². The van der Waals surface area contributed by atoms with E-state index >= 15 is 0 Å². The van der Waals surface area contributed by atoms with Crippen LogP contribution < -0.4 is 5.32 Å². The van der Waals surface area contributed by atoms with Crippen LogP contribution in [0.3, 0.4) is 0 Å². The maximum atomic E-state index is 12.9. The first-order chi connectivity index (χ1) is 15.5. The Labute approximate surface area is 190 Å². The standard InChI is InChI=1S/C24H24N6OS/c1-16-5-7-25-20(13-16)19-6-8-26-24(28-19)27-18-3-4-21-17(14-18)15-22(32-21)23(31)30-11-9-29(2)10-12-30/h3-8,13-15H,9-12H2,1-2H3,(H,26,27,28). The number of aryl methyl sites for hydroxylation is 1. The Morgan fingerprint density at radius 3 is 2.59 bits per heavy atom. The number of fused-ring (bicyclic) bond motifs is 1. The molecule has 5 rings (SSSR count). The number of thiophene rings is 1. The average molecular weight is 445 g/mol. The van der Waals surface area contributed by atoms with E-state index in [0.717, 1.165) is 63.8 Å². The van der Waals surface area contributed by atoms with Crippen molar-refractivity contribution >= 4 is 39.0 Å². The Bertz CT molecular complexity index is 1280. The van der Waals surface area contributed by atoms with E-state index < -0.39 is 0 Å². The van der Waals surface area contributed by atoms with Crippen LogP contribution in [0.4, 0.5) is 11.6 Å². The summed E-state index contributed by atoms with van der Waals surface area (Å²) in [6.07, 6.45) is 3.51. The SMILES string of the molecule is Cc1ccnc(-c2ccnc(Nc3ccc4sc(C(=O)N5CCN(C)CC5)cc4c3)n2)c1. The Morgan fingerprint density at radius 2 is 1.78 bits per heavy atom. The molecule has 3 aromatic heterocycles. The Kier molecular flexibility index (Phi) is 5.55. The van der Waals surface area contributed by atoms with Crippen LogP contribution in [0.1, 0.15) is 15.2 Å². The van der Waals surface area contributed by atoms with Gasteiger partial charge in [-0.15, -0.1) is 11.3 Å². The van der Waals surface area contributed by atoms with Gasteiger partial charge in [0, 0.05) is 49.0 Å². The van der Waals surface area contributed by atoms with Crippen molar-refractivity contribution < 1.29 is 4.79 Å². The minimum absolute atomic E-state index is 0.121. The second kappa shape index (κ2) is 8.64. The fraction of sp³-hybridized carbons (Fsp3) is 0.250. The van der Waals surface area contributed by atoms with Crippen LogP contribution in [0.25, 0.3) is 21.5 Å². The molecule has 0 atom stereocenters. The number of likely N-dealkylation sites (N-methyl/N-ethyl adjacent to an activating group) is 1. The highest BCUT2D eigenvalue weighted by molar-refractivity contribution is 7.20. The van der Waals surface area contributed by atoms with Crippen LogP contribution >= 0.6 is 11.3 Å². The second-order valence-electron chi connectivity index (χ2n) is 8.07. The number of pyridine rings is 1. The Hall–Kier alpha value is -3.36. The van der Waals surface area contributed by atoms with Gasteiger partial charge in [0.2, 0.25) is 5.95 Å². The molecule has 0 bridgehead atoms. The molecular weight excluding hydrogens is 420 g/mol. The number of nitrogens with one attached hydrogen (secondary N) is 1. The largest absolute Gasteiger partial charge is 0.335 e. The molecule has 32 heavy (non-hydrogen) atoms. The number of hydrogen-bond donors (Lipinski definition) is 1. The zero-order valence-electron chi connectivity index (χ0n) is 18.1. The van der Waals surface area contributed by atoms with Gasteiger partial charge in [-0.05, 0) is 67.4 Å². The van der Waals surface area contributed by atoms with E-state index in [0.29, 0.717) is 5.95 Å². The molecule has 0 aliphatic carbocycles. The quantitative estimate of drug-likeness (QED) is 0.509. The van der Waals surface area contributed by atoms with Crippen LogP contribution in [0.2, 0.25) is 0 Å². The third-order valence-corrected chi connectivity index (χ3v) is 6.71. The fourth-order valence-corrected chi connectivity index (χ4v) is 4.77. The minimum Gasteiger partial charge on any atom is -0.335 e. The van der Waals surface area contributed by atoms with E-state index in [4.69, 9.17) is 0 Å². The highest BCUT2D eigenvalue weighted by Crippen LogP contribution is 2.30. The maximum Gasteiger partial charge on any atom is 0.264 e. The second-order valence-corrected chi connectivity index (χ2v) is 9.15. The average Bonchev–Trinajstić information content (AvgIpc) is 3.23. The van der Waals surface area contributed by atoms with Gasteiger partial charge in [-0.25, -0.2) is 9.97 Å². The predicted molar refractivity (Wildman–Crippen MR) is 129 cm³/mol. The predicted octanol–water partition coefficient (Wildman–Crippen LogP) is 4.19. The monoisotopic (exact) mass is 444 g/mol. The maximum absolute atomic E-state index is 12.9. The van der Waals surface area contributed by atoms with Crippen molar-refractivity contribution in [3.63, 3.8) is 0 Å². The summed E-state index contributed by atoms with van der Waals surface area (Å²) in [6.45, 7) is 5.42. The first kappa shape index (κ1) is 20.5. The first-order valence-electron chi connectivity index (χ1n) is 10.6. The lowest BCUT2D eigenvalue weighted by atomic mass is 10.2. The van der Waals surface area contributed by atoms with Gasteiger partial charge in [-0.1, -0.05) is 0 Å². The summed E-state index contributed by atoms with van der Waals surface area (Å²) >= 11 is 1.54. The highest BCUT2D eigenvalue weighted by Gasteiger charge is 2.22. The number of aromatic nitrogens is 3. The molecule has 1 aromatic carbocycles. The molecule has 1 aliphatic rings. The molecular formula is C24H24N6OS. The summed E-state index contributed by atoms with van der Waals surface area (Å²) in [5.74, 6) is 0.629. The molecule has 7 nitrogen and oxygen atoms in total. The van der Waals surface area contributed by atoms with Crippen molar-refractivity contribution in [1.82, 2.24) is 24.8 Å². The lowest BCUT2D eigenvalue weighted by Crippen LogP contribution is -2.46. The van der Waals surface area contributed by atoms with E-state index in [2.05, 4.69) is 32.2 Å². The molecule has 0 unspecified atom stereocenters. The Balaban J connectivity index is 1.35. The molecule has 8 heteroatoms. The molecule has 162 valence electrons. The number of anilines is 2. The Morgan fingerprint density at radius 1 is 0.969 bits per heavy atom. The van der Waals surface area contributed by atoms with Crippen molar-refractivity contribution in [1.29, 1.82) is 0 Å². The minimum atomic E-state index is 0.121. The number of nitrogens with zero attached hydrogens (tertiary/aromatic N) is 5. The summed E-state index contributed by atoms with van der Waals surface area (Å²) in [4.78, 5) is 31.3. The molecule has 1 fully saturated rings. The number of benzene rings is 1. The van der Waals surface area contributed by atoms with Crippen LogP contribution in [-0.2, 0) is 0 Å². The van der Waals surface area contributed by atoms with Crippen LogP contribution in [0, 0.1) is 6.92 Å². The zero-order chi connectivity index (χ0) is 22.1. The topological polar surface area (TPSA) is 74.2 Å². The molecule has 0 radical (unpaired) electrons. The molecule has 0 spiro atoms. The molecule has 1 saturated heterocycles. The van der Waals surface area contributed by atoms with Gasteiger partial charge in [0.1, 0.15) is 0 Å². The van der Waals surface area contributed by atoms with Gasteiger partial charge in [-0.2, -0.15) is 0 Å². The van der Waals surface area contributed by atoms with Gasteiger partial charge in [-0.3, -0.25) is 9.78 Å². The zero-order valence-corrected chi connectivity index (χ0v) is 18.9. The van der Waals surface area contributed by atoms with Gasteiger partial charge in [0.05, 0.1) is 16.3 Å². The van der Waals surface area contributed by atoms with Crippen LogP contribution in [-0.4, -0.2) is 63.9 Å². The van der Waals surface area contributed by atoms with Crippen molar-refractivity contribution in [2.24, 2.45) is 0 Å². The number of rotatable bonds is 4. The summed E-state index contributed by atoms with van der Waals surface area (Å²) < 4.78 is 1.09. The lowest BCUT2D eigenvalue weighted by Gasteiger charge is -2.32. The number of amides is 1. The highest BCUT2D eigenvalue weighted by atomic mass is 32.1. The van der Waals surface area contributed by atoms with Gasteiger partial charge >= 0.3 is 0 Å². The molecule has 0 saturated carbocycles. The van der Waals surface area contributed by atoms with Crippen molar-refractivity contribution in [2.75, 3.05) is 38.5 Å². The van der Waals surface area contributed by atoms with Crippen LogP contribution in [0.5, 0.6) is 0 Å².